The lowest BCUT2D eigenvalue weighted by Gasteiger charge is -2.36. The van der Waals surface area contributed by atoms with Gasteiger partial charge in [-0.05, 0) is 37.5 Å². The van der Waals surface area contributed by atoms with Crippen molar-refractivity contribution in [3.8, 4) is 5.75 Å². The van der Waals surface area contributed by atoms with Gasteiger partial charge in [0.25, 0.3) is 5.91 Å². The minimum atomic E-state index is -0.00975. The highest BCUT2D eigenvalue weighted by atomic mass is 16.5. The number of carbonyl (C=O) groups excluding carboxylic acids is 2. The van der Waals surface area contributed by atoms with Crippen LogP contribution in [0.25, 0.3) is 0 Å². The molecule has 2 amide bonds. The molecule has 1 saturated heterocycles. The fraction of sp³-hybridized carbons (Fsp3) is 0.579. The third-order valence-electron chi connectivity index (χ3n) is 5.00. The lowest BCUT2D eigenvalue weighted by atomic mass is 10.1. The second-order valence-corrected chi connectivity index (χ2v) is 6.79. The molecule has 0 aromatic heterocycles. The zero-order valence-corrected chi connectivity index (χ0v) is 14.4. The lowest BCUT2D eigenvalue weighted by molar-refractivity contribution is -0.142. The van der Waals surface area contributed by atoms with Crippen molar-refractivity contribution in [3.63, 3.8) is 0 Å². The van der Waals surface area contributed by atoms with Crippen LogP contribution in [0.3, 0.4) is 0 Å². The minimum absolute atomic E-state index is 0.00975. The van der Waals surface area contributed by atoms with E-state index in [1.54, 1.807) is 4.90 Å². The summed E-state index contributed by atoms with van der Waals surface area (Å²) < 4.78 is 5.59. The molecule has 2 fully saturated rings. The number of rotatable bonds is 4. The maximum Gasteiger partial charge on any atom is 0.260 e. The zero-order chi connectivity index (χ0) is 16.9. The molecule has 1 aromatic carbocycles. The zero-order valence-electron chi connectivity index (χ0n) is 14.4. The topological polar surface area (TPSA) is 49.9 Å². The van der Waals surface area contributed by atoms with Crippen LogP contribution >= 0.6 is 0 Å². The van der Waals surface area contributed by atoms with Crippen molar-refractivity contribution in [2.24, 2.45) is 5.92 Å². The summed E-state index contributed by atoms with van der Waals surface area (Å²) >= 11 is 0. The summed E-state index contributed by atoms with van der Waals surface area (Å²) in [7, 11) is 0. The maximum atomic E-state index is 12.4. The first-order chi connectivity index (χ1) is 11.6. The van der Waals surface area contributed by atoms with Gasteiger partial charge >= 0.3 is 0 Å². The van der Waals surface area contributed by atoms with Gasteiger partial charge in [0.15, 0.2) is 6.61 Å². The number of nitrogens with zero attached hydrogens (tertiary/aromatic N) is 2. The van der Waals surface area contributed by atoms with Gasteiger partial charge in [0.1, 0.15) is 5.75 Å². The van der Waals surface area contributed by atoms with Crippen molar-refractivity contribution in [3.05, 3.63) is 29.8 Å². The average Bonchev–Trinajstić information content (AvgIpc) is 3.14. The van der Waals surface area contributed by atoms with Gasteiger partial charge < -0.3 is 14.5 Å². The molecule has 1 aromatic rings. The molecule has 5 heteroatoms. The number of hydrogen-bond acceptors (Lipinski definition) is 3. The first kappa shape index (κ1) is 16.8. The molecule has 24 heavy (non-hydrogen) atoms. The normalized spacial score (nSPS) is 18.7. The molecule has 0 radical (unpaired) electrons. The summed E-state index contributed by atoms with van der Waals surface area (Å²) in [5.41, 5.74) is 1.11. The van der Waals surface area contributed by atoms with Gasteiger partial charge in [-0.25, -0.2) is 0 Å². The van der Waals surface area contributed by atoms with Gasteiger partial charge in [-0.1, -0.05) is 25.0 Å². The van der Waals surface area contributed by atoms with Crippen LogP contribution in [0.5, 0.6) is 5.75 Å². The van der Waals surface area contributed by atoms with Crippen LogP contribution in [0, 0.1) is 12.8 Å². The fourth-order valence-corrected chi connectivity index (χ4v) is 3.55. The molecule has 130 valence electrons. The van der Waals surface area contributed by atoms with Crippen molar-refractivity contribution in [2.75, 3.05) is 32.8 Å². The summed E-state index contributed by atoms with van der Waals surface area (Å²) in [6, 6.07) is 7.70. The monoisotopic (exact) mass is 330 g/mol. The second-order valence-electron chi connectivity index (χ2n) is 6.79. The molecule has 0 N–H and O–H groups in total. The molecule has 0 atom stereocenters. The Labute approximate surface area is 143 Å². The minimum Gasteiger partial charge on any atom is -0.484 e. The average molecular weight is 330 g/mol. The van der Waals surface area contributed by atoms with E-state index in [4.69, 9.17) is 4.74 Å². The molecular formula is C19H26N2O3. The SMILES string of the molecule is Cc1cccc(OCC(=O)N2CCN(C(=O)C3CCCC3)CC2)c1. The van der Waals surface area contributed by atoms with Crippen LogP contribution in [0.4, 0.5) is 0 Å². The Bertz CT molecular complexity index is 588. The third-order valence-corrected chi connectivity index (χ3v) is 5.00. The van der Waals surface area contributed by atoms with E-state index >= 15 is 0 Å². The van der Waals surface area contributed by atoms with Crippen LogP contribution in [0.15, 0.2) is 24.3 Å². The summed E-state index contributed by atoms with van der Waals surface area (Å²) in [5.74, 6) is 1.22. The Kier molecular flexibility index (Phi) is 5.38. The van der Waals surface area contributed by atoms with E-state index in [2.05, 4.69) is 0 Å². The molecule has 3 rings (SSSR count). The molecule has 1 aliphatic carbocycles. The van der Waals surface area contributed by atoms with E-state index in [0.717, 1.165) is 24.2 Å². The largest absolute Gasteiger partial charge is 0.484 e. The van der Waals surface area contributed by atoms with Gasteiger partial charge in [-0.2, -0.15) is 0 Å². The fourth-order valence-electron chi connectivity index (χ4n) is 3.55. The molecule has 1 saturated carbocycles. The highest BCUT2D eigenvalue weighted by Crippen LogP contribution is 2.26. The van der Waals surface area contributed by atoms with Crippen molar-refractivity contribution >= 4 is 11.8 Å². The van der Waals surface area contributed by atoms with Gasteiger partial charge in [0, 0.05) is 32.1 Å². The number of amides is 2. The number of piperazine rings is 1. The third kappa shape index (κ3) is 4.08. The molecule has 1 heterocycles. The van der Waals surface area contributed by atoms with Crippen LogP contribution in [-0.4, -0.2) is 54.4 Å². The smallest absolute Gasteiger partial charge is 0.260 e. The van der Waals surface area contributed by atoms with Crippen molar-refractivity contribution < 1.29 is 14.3 Å². The highest BCUT2D eigenvalue weighted by Gasteiger charge is 2.30. The van der Waals surface area contributed by atoms with E-state index in [0.29, 0.717) is 26.2 Å². The Morgan fingerprint density at radius 1 is 1.08 bits per heavy atom. The maximum absolute atomic E-state index is 12.4. The number of carbonyl (C=O) groups is 2. The summed E-state index contributed by atoms with van der Waals surface area (Å²) in [6.45, 7) is 4.55. The molecule has 2 aliphatic rings. The van der Waals surface area contributed by atoms with Gasteiger partial charge in [0.2, 0.25) is 5.91 Å². The highest BCUT2D eigenvalue weighted by molar-refractivity contribution is 5.80. The quantitative estimate of drug-likeness (QED) is 0.851. The van der Waals surface area contributed by atoms with Crippen molar-refractivity contribution in [2.45, 2.75) is 32.6 Å². The predicted molar refractivity (Wildman–Crippen MR) is 91.8 cm³/mol. The molecular weight excluding hydrogens is 304 g/mol. The second kappa shape index (κ2) is 7.69. The van der Waals surface area contributed by atoms with Crippen LogP contribution in [0.1, 0.15) is 31.2 Å². The van der Waals surface area contributed by atoms with Gasteiger partial charge in [-0.3, -0.25) is 9.59 Å². The number of ether oxygens (including phenoxy) is 1. The van der Waals surface area contributed by atoms with Crippen molar-refractivity contribution in [1.29, 1.82) is 0 Å². The summed E-state index contributed by atoms with van der Waals surface area (Å²) in [4.78, 5) is 28.4. The number of aryl methyl sites for hydroxylation is 1. The van der Waals surface area contributed by atoms with Gasteiger partial charge in [-0.15, -0.1) is 0 Å². The van der Waals surface area contributed by atoms with Crippen molar-refractivity contribution in [1.82, 2.24) is 9.80 Å². The standard InChI is InChI=1S/C19H26N2O3/c1-15-5-4-8-17(13-15)24-14-18(22)20-9-11-21(12-10-20)19(23)16-6-2-3-7-16/h4-5,8,13,16H,2-3,6-7,9-12,14H2,1H3. The Morgan fingerprint density at radius 2 is 1.75 bits per heavy atom. The predicted octanol–water partition coefficient (Wildman–Crippen LogP) is 2.23. The van der Waals surface area contributed by atoms with E-state index in [1.807, 2.05) is 36.1 Å². The number of benzene rings is 1. The summed E-state index contributed by atoms with van der Waals surface area (Å²) in [5, 5.41) is 0. The molecule has 5 nitrogen and oxygen atoms in total. The van der Waals surface area contributed by atoms with Crippen LogP contribution in [0.2, 0.25) is 0 Å². The Morgan fingerprint density at radius 3 is 2.42 bits per heavy atom. The molecule has 0 spiro atoms. The number of hydrogen-bond donors (Lipinski definition) is 0. The van der Waals surface area contributed by atoms with E-state index in [9.17, 15) is 9.59 Å². The van der Waals surface area contributed by atoms with Crippen LogP contribution in [-0.2, 0) is 9.59 Å². The molecule has 0 unspecified atom stereocenters. The summed E-state index contributed by atoms with van der Waals surface area (Å²) in [6.07, 6.45) is 4.40. The van der Waals surface area contributed by atoms with E-state index in [1.165, 1.54) is 12.8 Å². The Balaban J connectivity index is 1.44. The van der Waals surface area contributed by atoms with Gasteiger partial charge in [0.05, 0.1) is 0 Å². The first-order valence-corrected chi connectivity index (χ1v) is 8.89. The van der Waals surface area contributed by atoms with E-state index < -0.39 is 0 Å². The molecule has 1 aliphatic heterocycles. The Hall–Kier alpha value is -2.04. The lowest BCUT2D eigenvalue weighted by Crippen LogP contribution is -2.52. The first-order valence-electron chi connectivity index (χ1n) is 8.89. The van der Waals surface area contributed by atoms with Crippen LogP contribution < -0.4 is 4.74 Å². The van der Waals surface area contributed by atoms with E-state index in [-0.39, 0.29) is 24.3 Å². The molecule has 0 bridgehead atoms.